The van der Waals surface area contributed by atoms with Crippen LogP contribution < -0.4 is 5.73 Å². The molecule has 0 spiro atoms. The summed E-state index contributed by atoms with van der Waals surface area (Å²) in [4.78, 5) is 45.2. The first-order valence-corrected chi connectivity index (χ1v) is 18.7. The molecule has 0 saturated carbocycles. The molecule has 0 amide bonds. The highest BCUT2D eigenvalue weighted by molar-refractivity contribution is 7.47. The number of phosphoric ester groups is 1. The van der Waals surface area contributed by atoms with Gasteiger partial charge in [-0.25, -0.2) is 4.57 Å². The minimum absolute atomic E-state index is 0.158. The molecule has 4 N–H and O–H groups in total. The Labute approximate surface area is 271 Å². The molecule has 0 aromatic carbocycles. The number of hydrogen-bond donors (Lipinski definition) is 3. The van der Waals surface area contributed by atoms with Crippen LogP contribution in [-0.2, 0) is 37.5 Å². The van der Waals surface area contributed by atoms with Crippen molar-refractivity contribution in [3.05, 3.63) is 12.2 Å². The number of carboxylic acid groups (broad SMARTS) is 1. The molecule has 0 aliphatic heterocycles. The fourth-order valence-corrected chi connectivity index (χ4v) is 5.25. The SMILES string of the molecule is CCCCCCCC/C=C\CCCCCCCCCC(=O)OC(COC(=O)CCCCCC)COP(=O)(O)OCC(N)C(=O)O. The largest absolute Gasteiger partial charge is 0.480 e. The van der Waals surface area contributed by atoms with E-state index in [1.165, 1.54) is 64.2 Å². The van der Waals surface area contributed by atoms with Crippen LogP contribution in [0.25, 0.3) is 0 Å². The quantitative estimate of drug-likeness (QED) is 0.0278. The molecule has 3 unspecified atom stereocenters. The lowest BCUT2D eigenvalue weighted by Gasteiger charge is -2.20. The smallest absolute Gasteiger partial charge is 0.472 e. The third-order valence-corrected chi connectivity index (χ3v) is 8.21. The maximum Gasteiger partial charge on any atom is 0.472 e. The topological polar surface area (TPSA) is 172 Å². The standard InChI is InChI=1S/C33H62NO10P/c1-3-5-7-9-10-11-12-13-14-15-16-17-18-19-20-21-23-25-32(36)44-29(26-41-31(35)24-22-8-6-4-2)27-42-45(39,40)43-28-30(34)33(37)38/h13-14,29-30H,3-12,15-28,34H2,1-2H3,(H,37,38)(H,39,40)/b14-13-. The molecule has 0 rings (SSSR count). The fourth-order valence-electron chi connectivity index (χ4n) is 4.47. The summed E-state index contributed by atoms with van der Waals surface area (Å²) in [5.74, 6) is -2.40. The molecule has 0 aliphatic rings. The first-order valence-electron chi connectivity index (χ1n) is 17.2. The van der Waals surface area contributed by atoms with E-state index >= 15 is 0 Å². The van der Waals surface area contributed by atoms with Gasteiger partial charge in [0, 0.05) is 12.8 Å². The van der Waals surface area contributed by atoms with E-state index in [0.717, 1.165) is 44.9 Å². The fraction of sp³-hybridized carbons (Fsp3) is 0.848. The summed E-state index contributed by atoms with van der Waals surface area (Å²) in [6.45, 7) is 2.62. The highest BCUT2D eigenvalue weighted by Gasteiger charge is 2.28. The van der Waals surface area contributed by atoms with Gasteiger partial charge in [-0.2, -0.15) is 0 Å². The lowest BCUT2D eigenvalue weighted by Crippen LogP contribution is -2.34. The normalized spacial score (nSPS) is 14.2. The van der Waals surface area contributed by atoms with Gasteiger partial charge >= 0.3 is 25.7 Å². The number of phosphoric acid groups is 1. The number of carboxylic acids is 1. The van der Waals surface area contributed by atoms with Crippen molar-refractivity contribution in [3.8, 4) is 0 Å². The van der Waals surface area contributed by atoms with Crippen molar-refractivity contribution >= 4 is 25.7 Å². The summed E-state index contributed by atoms with van der Waals surface area (Å²) >= 11 is 0. The van der Waals surface area contributed by atoms with Crippen LogP contribution >= 0.6 is 7.82 Å². The zero-order chi connectivity index (χ0) is 33.6. The molecule has 0 heterocycles. The zero-order valence-electron chi connectivity index (χ0n) is 28.0. The first kappa shape index (κ1) is 43.2. The second-order valence-electron chi connectivity index (χ2n) is 11.7. The average Bonchev–Trinajstić information content (AvgIpc) is 3.01. The predicted molar refractivity (Wildman–Crippen MR) is 176 cm³/mol. The first-order chi connectivity index (χ1) is 21.6. The molecule has 0 radical (unpaired) electrons. The number of unbranched alkanes of at least 4 members (excludes halogenated alkanes) is 16. The Morgan fingerprint density at radius 3 is 1.64 bits per heavy atom. The lowest BCUT2D eigenvalue weighted by atomic mass is 10.1. The predicted octanol–water partition coefficient (Wildman–Crippen LogP) is 7.78. The number of aliphatic carboxylic acids is 1. The van der Waals surface area contributed by atoms with Crippen LogP contribution in [0.2, 0.25) is 0 Å². The number of nitrogens with two attached hydrogens (primary N) is 1. The molecular formula is C33H62NO10P. The van der Waals surface area contributed by atoms with Crippen molar-refractivity contribution in [2.75, 3.05) is 19.8 Å². The molecule has 0 fully saturated rings. The van der Waals surface area contributed by atoms with E-state index in [9.17, 15) is 23.8 Å². The number of rotatable bonds is 32. The van der Waals surface area contributed by atoms with Crippen molar-refractivity contribution in [2.45, 2.75) is 161 Å². The van der Waals surface area contributed by atoms with E-state index in [4.69, 9.17) is 24.8 Å². The highest BCUT2D eigenvalue weighted by atomic mass is 31.2. The van der Waals surface area contributed by atoms with Crippen molar-refractivity contribution in [3.63, 3.8) is 0 Å². The monoisotopic (exact) mass is 663 g/mol. The van der Waals surface area contributed by atoms with Gasteiger partial charge in [0.2, 0.25) is 0 Å². The molecule has 11 nitrogen and oxygen atoms in total. The highest BCUT2D eigenvalue weighted by Crippen LogP contribution is 2.43. The molecule has 3 atom stereocenters. The van der Waals surface area contributed by atoms with E-state index < -0.39 is 51.1 Å². The summed E-state index contributed by atoms with van der Waals surface area (Å²) < 4.78 is 32.2. The summed E-state index contributed by atoms with van der Waals surface area (Å²) in [6, 6.07) is -1.52. The van der Waals surface area contributed by atoms with Gasteiger partial charge in [0.15, 0.2) is 6.10 Å². The van der Waals surface area contributed by atoms with Gasteiger partial charge in [-0.05, 0) is 38.5 Å². The van der Waals surface area contributed by atoms with Crippen LogP contribution in [0, 0.1) is 0 Å². The van der Waals surface area contributed by atoms with Crippen LogP contribution in [0.3, 0.4) is 0 Å². The van der Waals surface area contributed by atoms with Gasteiger partial charge in [-0.1, -0.05) is 109 Å². The van der Waals surface area contributed by atoms with E-state index in [2.05, 4.69) is 30.5 Å². The number of carbonyl (C=O) groups is 3. The minimum atomic E-state index is -4.69. The Bertz CT molecular complexity index is 838. The van der Waals surface area contributed by atoms with Gasteiger partial charge in [-0.3, -0.25) is 23.4 Å². The van der Waals surface area contributed by atoms with Gasteiger partial charge < -0.3 is 25.2 Å². The molecule has 0 aromatic rings. The molecule has 0 bridgehead atoms. The summed E-state index contributed by atoms with van der Waals surface area (Å²) in [5.41, 5.74) is 5.28. The van der Waals surface area contributed by atoms with Gasteiger partial charge in [0.1, 0.15) is 12.6 Å². The van der Waals surface area contributed by atoms with Crippen LogP contribution in [0.1, 0.15) is 149 Å². The third kappa shape index (κ3) is 29.4. The summed E-state index contributed by atoms with van der Waals surface area (Å²) in [7, 11) is -4.69. The van der Waals surface area contributed by atoms with Crippen molar-refractivity contribution in [2.24, 2.45) is 5.73 Å². The molecule has 45 heavy (non-hydrogen) atoms. The second kappa shape index (κ2) is 29.6. The van der Waals surface area contributed by atoms with Crippen molar-refractivity contribution in [1.29, 1.82) is 0 Å². The van der Waals surface area contributed by atoms with Gasteiger partial charge in [-0.15, -0.1) is 0 Å². The number of carbonyl (C=O) groups excluding carboxylic acids is 2. The van der Waals surface area contributed by atoms with Crippen LogP contribution in [0.15, 0.2) is 12.2 Å². The molecular weight excluding hydrogens is 601 g/mol. The Kier molecular flexibility index (Phi) is 28.4. The van der Waals surface area contributed by atoms with Crippen molar-refractivity contribution in [1.82, 2.24) is 0 Å². The minimum Gasteiger partial charge on any atom is -0.480 e. The molecule has 0 aliphatic carbocycles. The van der Waals surface area contributed by atoms with Gasteiger partial charge in [0.05, 0.1) is 13.2 Å². The van der Waals surface area contributed by atoms with E-state index in [0.29, 0.717) is 12.8 Å². The number of ether oxygens (including phenoxy) is 2. The maximum absolute atomic E-state index is 12.4. The number of allylic oxidation sites excluding steroid dienone is 2. The second-order valence-corrected chi connectivity index (χ2v) is 13.1. The third-order valence-electron chi connectivity index (χ3n) is 7.26. The average molecular weight is 664 g/mol. The van der Waals surface area contributed by atoms with Crippen LogP contribution in [0.5, 0.6) is 0 Å². The summed E-state index contributed by atoms with van der Waals surface area (Å²) in [5, 5.41) is 8.80. The Morgan fingerprint density at radius 1 is 0.667 bits per heavy atom. The zero-order valence-corrected chi connectivity index (χ0v) is 28.9. The molecule has 12 heteroatoms. The van der Waals surface area contributed by atoms with E-state index in [-0.39, 0.29) is 19.4 Å². The Morgan fingerprint density at radius 2 is 1.11 bits per heavy atom. The van der Waals surface area contributed by atoms with Crippen LogP contribution in [-0.4, -0.2) is 59.9 Å². The molecule has 0 saturated heterocycles. The molecule has 0 aromatic heterocycles. The Hall–Kier alpha value is -1.78. The van der Waals surface area contributed by atoms with E-state index in [1.54, 1.807) is 0 Å². The Balaban J connectivity index is 4.29. The molecule has 264 valence electrons. The lowest BCUT2D eigenvalue weighted by molar-refractivity contribution is -0.161. The summed E-state index contributed by atoms with van der Waals surface area (Å²) in [6.07, 6.45) is 25.0. The van der Waals surface area contributed by atoms with Crippen molar-refractivity contribution < 1.29 is 47.5 Å². The van der Waals surface area contributed by atoms with Crippen LogP contribution in [0.4, 0.5) is 0 Å². The maximum atomic E-state index is 12.4. The van der Waals surface area contributed by atoms with Gasteiger partial charge in [0.25, 0.3) is 0 Å². The van der Waals surface area contributed by atoms with E-state index in [1.807, 2.05) is 0 Å². The number of hydrogen-bond acceptors (Lipinski definition) is 9. The number of esters is 2.